The Kier molecular flexibility index (Phi) is 4.69. The zero-order chi connectivity index (χ0) is 16.8. The van der Waals surface area contributed by atoms with Crippen LogP contribution in [0.2, 0.25) is 0 Å². The highest BCUT2D eigenvalue weighted by molar-refractivity contribution is 5.86. The van der Waals surface area contributed by atoms with Gasteiger partial charge in [0.2, 0.25) is 0 Å². The molecule has 0 saturated carbocycles. The quantitative estimate of drug-likeness (QED) is 0.454. The number of aromatic nitrogens is 1. The summed E-state index contributed by atoms with van der Waals surface area (Å²) in [4.78, 5) is 11.7. The van der Waals surface area contributed by atoms with Crippen molar-refractivity contribution in [2.75, 3.05) is 6.61 Å². The predicted octanol–water partition coefficient (Wildman–Crippen LogP) is 0.186. The van der Waals surface area contributed by atoms with Crippen LogP contribution >= 0.6 is 0 Å². The third-order valence-electron chi connectivity index (χ3n) is 4.81. The van der Waals surface area contributed by atoms with Crippen LogP contribution in [0, 0.1) is 20.8 Å². The molecule has 1 aromatic carbocycles. The summed E-state index contributed by atoms with van der Waals surface area (Å²) in [6, 6.07) is 7.90. The Morgan fingerprint density at radius 2 is 1.88 bits per heavy atom. The van der Waals surface area contributed by atoms with Gasteiger partial charge in [-0.25, -0.2) is 9.36 Å². The second-order valence-electron chi connectivity index (χ2n) is 6.63. The van der Waals surface area contributed by atoms with Gasteiger partial charge in [0.25, 0.3) is 0 Å². The average molecular weight is 402 g/mol. The van der Waals surface area contributed by atoms with Crippen LogP contribution in [0.25, 0.3) is 11.0 Å². The van der Waals surface area contributed by atoms with Crippen LogP contribution in [-0.2, 0) is 6.54 Å². The van der Waals surface area contributed by atoms with Crippen molar-refractivity contribution < 1.29 is 30.7 Å². The maximum Gasteiger partial charge on any atom is 0.336 e. The normalized spacial score (nSPS) is 15.6. The van der Waals surface area contributed by atoms with Crippen molar-refractivity contribution in [3.63, 3.8) is 0 Å². The van der Waals surface area contributed by atoms with Gasteiger partial charge in [0.1, 0.15) is 17.9 Å². The van der Waals surface area contributed by atoms with Crippen LogP contribution in [0.4, 0.5) is 0 Å². The topological polar surface area (TPSA) is 43.3 Å². The van der Waals surface area contributed by atoms with Gasteiger partial charge in [0, 0.05) is 34.7 Å². The monoisotopic (exact) mass is 401 g/mol. The Hall–Kier alpha value is -2.14. The summed E-state index contributed by atoms with van der Waals surface area (Å²) in [7, 11) is 0. The van der Waals surface area contributed by atoms with Crippen molar-refractivity contribution in [1.82, 2.24) is 0 Å². The second kappa shape index (κ2) is 6.64. The first-order chi connectivity index (χ1) is 11.5. The van der Waals surface area contributed by atoms with Gasteiger partial charge in [-0.15, -0.1) is 0 Å². The molecule has 25 heavy (non-hydrogen) atoms. The van der Waals surface area contributed by atoms with E-state index < -0.39 is 0 Å². The summed E-state index contributed by atoms with van der Waals surface area (Å²) in [5.41, 5.74) is 4.64. The molecule has 4 nitrogen and oxygen atoms in total. The molecule has 0 saturated heterocycles. The molecular formula is C20H20BrNO3. The molecule has 0 N–H and O–H groups in total. The van der Waals surface area contributed by atoms with E-state index in [-0.39, 0.29) is 22.6 Å². The van der Waals surface area contributed by atoms with E-state index in [1.54, 1.807) is 6.07 Å². The fraction of sp³-hybridized carbons (Fsp3) is 0.300. The zero-order valence-electron chi connectivity index (χ0n) is 14.5. The van der Waals surface area contributed by atoms with Gasteiger partial charge in [-0.2, -0.15) is 0 Å². The van der Waals surface area contributed by atoms with E-state index in [0.29, 0.717) is 18.1 Å². The molecule has 0 fully saturated rings. The largest absolute Gasteiger partial charge is 1.00 e. The standard InChI is InChI=1S/C20H20NO3.BrH/c1-12-4-6-21(7-5-12)10-15-11-23-19-14(3)20-16(9-17(15)19)13(2)8-18(22)24-20;/h4-9,15H,10-11H2,1-3H3;1H/q+1;/p-1. The number of nitrogens with zero attached hydrogens (tertiary/aromatic N) is 1. The lowest BCUT2D eigenvalue weighted by molar-refractivity contribution is -0.699. The minimum Gasteiger partial charge on any atom is -1.00 e. The van der Waals surface area contributed by atoms with Crippen LogP contribution in [0.15, 0.2) is 45.9 Å². The third-order valence-corrected chi connectivity index (χ3v) is 4.81. The summed E-state index contributed by atoms with van der Waals surface area (Å²) < 4.78 is 13.6. The number of hydrogen-bond donors (Lipinski definition) is 0. The van der Waals surface area contributed by atoms with Crippen LogP contribution in [0.5, 0.6) is 5.75 Å². The lowest BCUT2D eigenvalue weighted by Gasteiger charge is -2.10. The van der Waals surface area contributed by atoms with Gasteiger partial charge >= 0.3 is 5.63 Å². The fourth-order valence-electron chi connectivity index (χ4n) is 3.44. The smallest absolute Gasteiger partial charge is 0.336 e. The lowest BCUT2D eigenvalue weighted by atomic mass is 9.95. The van der Waals surface area contributed by atoms with Crippen molar-refractivity contribution in [1.29, 1.82) is 0 Å². The number of halogens is 1. The first-order valence-electron chi connectivity index (χ1n) is 8.19. The summed E-state index contributed by atoms with van der Waals surface area (Å²) in [5.74, 6) is 1.16. The molecule has 3 aromatic rings. The van der Waals surface area contributed by atoms with Crippen LogP contribution in [-0.4, -0.2) is 6.61 Å². The van der Waals surface area contributed by atoms with E-state index in [1.165, 1.54) is 11.1 Å². The molecule has 5 heteroatoms. The molecule has 0 spiro atoms. The third kappa shape index (κ3) is 3.09. The number of rotatable bonds is 2. The van der Waals surface area contributed by atoms with E-state index >= 15 is 0 Å². The van der Waals surface area contributed by atoms with Crippen LogP contribution in [0.3, 0.4) is 0 Å². The molecule has 3 heterocycles. The summed E-state index contributed by atoms with van der Waals surface area (Å²) >= 11 is 0. The Balaban J connectivity index is 0.00000182. The number of pyridine rings is 1. The molecule has 1 aliphatic rings. The second-order valence-corrected chi connectivity index (χ2v) is 6.63. The molecule has 0 amide bonds. The van der Waals surface area contributed by atoms with Gasteiger partial charge in [0.05, 0.1) is 5.92 Å². The van der Waals surface area contributed by atoms with Crippen LogP contribution < -0.4 is 31.9 Å². The lowest BCUT2D eigenvalue weighted by Crippen LogP contribution is -3.00. The SMILES string of the molecule is Cc1cc[n+](CC2COc3c2cc2c(C)cc(=O)oc2c3C)cc1.[Br-]. The van der Waals surface area contributed by atoms with Gasteiger partial charge < -0.3 is 26.1 Å². The molecule has 0 radical (unpaired) electrons. The first-order valence-corrected chi connectivity index (χ1v) is 8.19. The molecule has 130 valence electrons. The number of benzene rings is 1. The Labute approximate surface area is 156 Å². The summed E-state index contributed by atoms with van der Waals surface area (Å²) in [6.07, 6.45) is 4.21. The Morgan fingerprint density at radius 1 is 1.16 bits per heavy atom. The molecule has 0 bridgehead atoms. The molecular weight excluding hydrogens is 382 g/mol. The highest BCUT2D eigenvalue weighted by Crippen LogP contribution is 2.41. The van der Waals surface area contributed by atoms with Crippen molar-refractivity contribution in [2.45, 2.75) is 33.2 Å². The van der Waals surface area contributed by atoms with E-state index in [2.05, 4.69) is 42.1 Å². The van der Waals surface area contributed by atoms with E-state index in [1.807, 2.05) is 13.8 Å². The number of ether oxygens (including phenoxy) is 1. The first kappa shape index (κ1) is 17.7. The van der Waals surface area contributed by atoms with Crippen molar-refractivity contribution in [3.05, 3.63) is 69.3 Å². The fourth-order valence-corrected chi connectivity index (χ4v) is 3.44. The number of aryl methyl sites for hydroxylation is 3. The maximum atomic E-state index is 11.7. The minimum atomic E-state index is -0.312. The molecule has 0 aliphatic carbocycles. The van der Waals surface area contributed by atoms with Gasteiger partial charge in [0.15, 0.2) is 18.9 Å². The van der Waals surface area contributed by atoms with Crippen molar-refractivity contribution >= 4 is 11.0 Å². The van der Waals surface area contributed by atoms with Gasteiger partial charge in [-0.1, -0.05) is 0 Å². The van der Waals surface area contributed by atoms with Gasteiger partial charge in [-0.3, -0.25) is 0 Å². The number of hydrogen-bond acceptors (Lipinski definition) is 3. The predicted molar refractivity (Wildman–Crippen MR) is 91.6 cm³/mol. The van der Waals surface area contributed by atoms with Crippen molar-refractivity contribution in [2.24, 2.45) is 0 Å². The molecule has 2 aromatic heterocycles. The highest BCUT2D eigenvalue weighted by atomic mass is 79.9. The van der Waals surface area contributed by atoms with Crippen molar-refractivity contribution in [3.8, 4) is 5.75 Å². The van der Waals surface area contributed by atoms with Gasteiger partial charge in [-0.05, 0) is 38.0 Å². The highest BCUT2D eigenvalue weighted by Gasteiger charge is 2.30. The average Bonchev–Trinajstić information content (AvgIpc) is 2.94. The summed E-state index contributed by atoms with van der Waals surface area (Å²) in [6.45, 7) is 7.52. The van der Waals surface area contributed by atoms with E-state index in [9.17, 15) is 4.79 Å². The van der Waals surface area contributed by atoms with E-state index in [4.69, 9.17) is 9.15 Å². The minimum absolute atomic E-state index is 0. The summed E-state index contributed by atoms with van der Waals surface area (Å²) in [5, 5.41) is 0.996. The van der Waals surface area contributed by atoms with E-state index in [0.717, 1.165) is 28.8 Å². The molecule has 1 unspecified atom stereocenters. The zero-order valence-corrected chi connectivity index (χ0v) is 16.1. The molecule has 4 rings (SSSR count). The number of fused-ring (bicyclic) bond motifs is 2. The Morgan fingerprint density at radius 3 is 2.60 bits per heavy atom. The molecule has 1 atom stereocenters. The van der Waals surface area contributed by atoms with Crippen LogP contribution in [0.1, 0.15) is 28.2 Å². The Bertz CT molecular complexity index is 992. The molecule has 1 aliphatic heterocycles. The maximum absolute atomic E-state index is 11.7.